The first-order valence-corrected chi connectivity index (χ1v) is 19.4. The van der Waals surface area contributed by atoms with E-state index in [9.17, 15) is 9.59 Å². The van der Waals surface area contributed by atoms with Crippen molar-refractivity contribution in [2.45, 2.75) is 149 Å². The molecule has 0 bridgehead atoms. The van der Waals surface area contributed by atoms with Gasteiger partial charge in [0.15, 0.2) is 12.4 Å². The van der Waals surface area contributed by atoms with Crippen molar-refractivity contribution in [2.24, 2.45) is 45.3 Å². The van der Waals surface area contributed by atoms with Crippen LogP contribution in [0.15, 0.2) is 12.2 Å². The summed E-state index contributed by atoms with van der Waals surface area (Å²) in [5, 5.41) is 0. The van der Waals surface area contributed by atoms with E-state index in [-0.39, 0.29) is 37.3 Å². The number of nitrogens with zero attached hydrogens (tertiary/aromatic N) is 2. The van der Waals surface area contributed by atoms with Gasteiger partial charge in [0.2, 0.25) is 0 Å². The van der Waals surface area contributed by atoms with Crippen molar-refractivity contribution >= 4 is 12.2 Å². The third-order valence-corrected chi connectivity index (χ3v) is 15.0. The lowest BCUT2D eigenvalue weighted by Gasteiger charge is -2.60. The number of carbonyl (C=O) groups is 2. The highest BCUT2D eigenvalue weighted by Crippen LogP contribution is 2.87. The van der Waals surface area contributed by atoms with Crippen molar-refractivity contribution in [3.8, 4) is 0 Å². The molecule has 5 aliphatic carbocycles. The molecule has 12 atom stereocenters. The average Bonchev–Trinajstić information content (AvgIpc) is 3.60. The number of morpholine rings is 1. The van der Waals surface area contributed by atoms with Crippen LogP contribution in [-0.2, 0) is 23.7 Å². The Morgan fingerprint density at radius 1 is 0.980 bits per heavy atom. The molecule has 2 saturated heterocycles. The lowest BCUT2D eigenvalue weighted by Crippen LogP contribution is -2.56. The molecule has 7 unspecified atom stereocenters. The van der Waals surface area contributed by atoms with E-state index in [0.29, 0.717) is 53.7 Å². The van der Waals surface area contributed by atoms with Crippen molar-refractivity contribution in [1.82, 2.24) is 9.80 Å². The first-order chi connectivity index (χ1) is 22.9. The van der Waals surface area contributed by atoms with Gasteiger partial charge in [-0.05, 0) is 143 Å². The molecule has 2 heterocycles. The highest BCUT2D eigenvalue weighted by molar-refractivity contribution is 5.68. The Labute approximate surface area is 296 Å². The largest absolute Gasteiger partial charge is 0.444 e. The van der Waals surface area contributed by atoms with E-state index >= 15 is 0 Å². The molecule has 2 spiro atoms. The second-order valence-electron chi connectivity index (χ2n) is 19.2. The van der Waals surface area contributed by atoms with Gasteiger partial charge < -0.3 is 33.5 Å². The van der Waals surface area contributed by atoms with Crippen LogP contribution in [0.25, 0.3) is 0 Å². The lowest BCUT2D eigenvalue weighted by atomic mass is 9.46. The van der Waals surface area contributed by atoms with Crippen molar-refractivity contribution in [3.63, 3.8) is 0 Å². The molecule has 2 aliphatic heterocycles. The molecular weight excluding hydrogens is 620 g/mol. The number of hydrogen-bond donors (Lipinski definition) is 0. The van der Waals surface area contributed by atoms with Crippen LogP contribution in [0.3, 0.4) is 0 Å². The van der Waals surface area contributed by atoms with E-state index in [1.165, 1.54) is 43.4 Å². The van der Waals surface area contributed by atoms with Crippen LogP contribution in [0.5, 0.6) is 0 Å². The van der Waals surface area contributed by atoms with Crippen molar-refractivity contribution in [2.75, 3.05) is 33.8 Å². The SMILES string of the molecule is C=C(C)[C@@H](OC(=O)N(C)C)C1CCC2C(CC3C4CCC5C(C)(C)[C@@H](OC6CN(C(=O)OC(C)(C)C)CCO6)CC[C@@]56C[C@@]46CC[C@]23C)O1.[HH]. The molecule has 0 aromatic carbocycles. The van der Waals surface area contributed by atoms with Gasteiger partial charge in [-0.25, -0.2) is 9.59 Å². The fourth-order valence-electron chi connectivity index (χ4n) is 12.8. The summed E-state index contributed by atoms with van der Waals surface area (Å²) in [6.45, 7) is 20.8. The maximum absolute atomic E-state index is 12.8. The van der Waals surface area contributed by atoms with Gasteiger partial charge in [0.25, 0.3) is 0 Å². The Hall–Kier alpha value is -1.84. The second-order valence-corrected chi connectivity index (χ2v) is 19.2. The molecule has 2 amide bonds. The molecule has 0 aromatic heterocycles. The molecule has 0 N–H and O–H groups in total. The Kier molecular flexibility index (Phi) is 8.79. The Bertz CT molecular complexity index is 1330. The smallest absolute Gasteiger partial charge is 0.410 e. The van der Waals surface area contributed by atoms with E-state index in [1.807, 2.05) is 27.7 Å². The van der Waals surface area contributed by atoms with Crippen LogP contribution >= 0.6 is 0 Å². The van der Waals surface area contributed by atoms with Gasteiger partial charge in [-0.15, -0.1) is 0 Å². The van der Waals surface area contributed by atoms with Gasteiger partial charge in [-0.1, -0.05) is 27.4 Å². The zero-order valence-electron chi connectivity index (χ0n) is 31.8. The zero-order valence-corrected chi connectivity index (χ0v) is 31.8. The van der Waals surface area contributed by atoms with E-state index in [0.717, 1.165) is 37.2 Å². The summed E-state index contributed by atoms with van der Waals surface area (Å²) in [7, 11) is 3.45. The third kappa shape index (κ3) is 5.75. The Balaban J connectivity index is 0.00000432. The Morgan fingerprint density at radius 2 is 1.71 bits per heavy atom. The summed E-state index contributed by atoms with van der Waals surface area (Å²) in [5.74, 6) is 2.66. The molecule has 9 nitrogen and oxygen atoms in total. The minimum absolute atomic E-state index is 0. The molecule has 0 radical (unpaired) electrons. The minimum Gasteiger partial charge on any atom is -0.444 e. The third-order valence-electron chi connectivity index (χ3n) is 15.0. The van der Waals surface area contributed by atoms with Crippen molar-refractivity contribution < 1.29 is 34.7 Å². The lowest BCUT2D eigenvalue weighted by molar-refractivity contribution is -0.243. The minimum atomic E-state index is -0.525. The van der Waals surface area contributed by atoms with Crippen LogP contribution in [-0.4, -0.2) is 92.1 Å². The van der Waals surface area contributed by atoms with Crippen LogP contribution in [0.2, 0.25) is 0 Å². The van der Waals surface area contributed by atoms with Gasteiger partial charge in [-0.3, -0.25) is 0 Å². The quantitative estimate of drug-likeness (QED) is 0.271. The topological polar surface area (TPSA) is 86.8 Å². The average molecular weight is 687 g/mol. The monoisotopic (exact) mass is 686 g/mol. The molecule has 49 heavy (non-hydrogen) atoms. The zero-order chi connectivity index (χ0) is 35.3. The molecule has 5 saturated carbocycles. The van der Waals surface area contributed by atoms with E-state index in [1.54, 1.807) is 19.0 Å². The fraction of sp³-hybridized carbons (Fsp3) is 0.900. The molecule has 9 heteroatoms. The van der Waals surface area contributed by atoms with Gasteiger partial charge in [0.05, 0.1) is 31.5 Å². The molecule has 0 aromatic rings. The van der Waals surface area contributed by atoms with E-state index < -0.39 is 18.0 Å². The van der Waals surface area contributed by atoms with Crippen LogP contribution in [0, 0.1) is 45.3 Å². The van der Waals surface area contributed by atoms with Crippen molar-refractivity contribution in [1.29, 1.82) is 0 Å². The predicted octanol–water partition coefficient (Wildman–Crippen LogP) is 8.06. The highest BCUT2D eigenvalue weighted by Gasteiger charge is 2.80. The van der Waals surface area contributed by atoms with Crippen LogP contribution < -0.4 is 0 Å². The fourth-order valence-corrected chi connectivity index (χ4v) is 12.8. The summed E-state index contributed by atoms with van der Waals surface area (Å²) in [6.07, 6.45) is 10.8. The number of ether oxygens (including phenoxy) is 5. The van der Waals surface area contributed by atoms with Gasteiger partial charge in [0.1, 0.15) is 5.60 Å². The maximum atomic E-state index is 12.8. The molecule has 7 rings (SSSR count). The predicted molar refractivity (Wildman–Crippen MR) is 189 cm³/mol. The van der Waals surface area contributed by atoms with E-state index in [4.69, 9.17) is 23.7 Å². The van der Waals surface area contributed by atoms with Gasteiger partial charge in [0, 0.05) is 22.1 Å². The maximum Gasteiger partial charge on any atom is 0.410 e. The second kappa shape index (κ2) is 12.1. The normalized spacial score (nSPS) is 44.2. The first-order valence-electron chi connectivity index (χ1n) is 19.4. The first kappa shape index (κ1) is 35.6. The summed E-state index contributed by atoms with van der Waals surface area (Å²) >= 11 is 0. The summed E-state index contributed by atoms with van der Waals surface area (Å²) in [6, 6.07) is 0. The number of fused-ring (bicyclic) bond motifs is 4. The van der Waals surface area contributed by atoms with Crippen molar-refractivity contribution in [3.05, 3.63) is 12.2 Å². The van der Waals surface area contributed by atoms with Gasteiger partial charge in [-0.2, -0.15) is 0 Å². The van der Waals surface area contributed by atoms with Crippen LogP contribution in [0.4, 0.5) is 9.59 Å². The summed E-state index contributed by atoms with van der Waals surface area (Å²) in [4.78, 5) is 28.6. The molecule has 278 valence electrons. The highest BCUT2D eigenvalue weighted by atomic mass is 16.7. The van der Waals surface area contributed by atoms with E-state index in [2.05, 4.69) is 27.4 Å². The summed E-state index contributed by atoms with van der Waals surface area (Å²) in [5.41, 5.74) is 1.55. The molecule has 7 fully saturated rings. The standard InChI is InChI=1S/C40H64N2O7.H2/c1-24(2)33(48-34(43)41(9)10)28-13-11-26-29(46-28)21-27-25-12-14-30-37(6,7)31(15-16-40(30)23-39(25,40)18-17-38(26,27)8)47-32-22-42(19-20-45-32)35(44)49-36(3,4)5;/h25-33H,1,11-23H2,2-10H3;1H/t25?,26?,27?,28?,29?,30?,31-,32?,33+,38+,39-,40+;/m0./s1. The number of carbonyl (C=O) groups excluding carboxylic acids is 2. The molecular formula is C40H66N2O7. The summed E-state index contributed by atoms with van der Waals surface area (Å²) < 4.78 is 31.4. The number of hydrogen-bond acceptors (Lipinski definition) is 7. The van der Waals surface area contributed by atoms with Crippen LogP contribution in [0.1, 0.15) is 114 Å². The number of rotatable bonds is 5. The molecule has 7 aliphatic rings. The Morgan fingerprint density at radius 3 is 2.41 bits per heavy atom. The number of amides is 2. The van der Waals surface area contributed by atoms with Gasteiger partial charge >= 0.3 is 12.2 Å².